The fraction of sp³-hybridized carbons (Fsp3) is 0.571. The van der Waals surface area contributed by atoms with E-state index in [4.69, 9.17) is 0 Å². The third-order valence-corrected chi connectivity index (χ3v) is 6.64. The maximum Gasteiger partial charge on any atom is 0.222 e. The van der Waals surface area contributed by atoms with Crippen LogP contribution in [0.3, 0.4) is 0 Å². The topological polar surface area (TPSA) is 26.8 Å². The SMILES string of the molecule is O=C1CCCCN1CCCCN1CCN(c2cccc3sccc23)CC1. The normalized spacial score (nSPS) is 19.5. The predicted molar refractivity (Wildman–Crippen MR) is 110 cm³/mol. The van der Waals surface area contributed by atoms with Crippen molar-refractivity contribution in [1.82, 2.24) is 9.80 Å². The number of likely N-dealkylation sites (tertiary alicyclic amines) is 1. The molecule has 0 N–H and O–H groups in total. The van der Waals surface area contributed by atoms with Gasteiger partial charge in [-0.1, -0.05) is 6.07 Å². The van der Waals surface area contributed by atoms with E-state index < -0.39 is 0 Å². The average Bonchev–Trinajstić information content (AvgIpc) is 3.16. The summed E-state index contributed by atoms with van der Waals surface area (Å²) in [7, 11) is 0. The Labute approximate surface area is 160 Å². The summed E-state index contributed by atoms with van der Waals surface area (Å²) in [4.78, 5) is 19.0. The molecule has 3 heterocycles. The van der Waals surface area contributed by atoms with Gasteiger partial charge in [-0.2, -0.15) is 0 Å². The van der Waals surface area contributed by atoms with Crippen molar-refractivity contribution in [2.45, 2.75) is 32.1 Å². The number of nitrogens with zero attached hydrogens (tertiary/aromatic N) is 3. The number of hydrogen-bond acceptors (Lipinski definition) is 4. The Morgan fingerprint density at radius 3 is 2.62 bits per heavy atom. The lowest BCUT2D eigenvalue weighted by molar-refractivity contribution is -0.133. The fourth-order valence-corrected chi connectivity index (χ4v) is 5.01. The van der Waals surface area contributed by atoms with E-state index >= 15 is 0 Å². The maximum absolute atomic E-state index is 11.8. The van der Waals surface area contributed by atoms with Crippen molar-refractivity contribution in [2.24, 2.45) is 0 Å². The number of carbonyl (C=O) groups is 1. The molecule has 2 aliphatic rings. The summed E-state index contributed by atoms with van der Waals surface area (Å²) in [5, 5.41) is 3.59. The zero-order valence-corrected chi connectivity index (χ0v) is 16.3. The Morgan fingerprint density at radius 1 is 0.923 bits per heavy atom. The van der Waals surface area contributed by atoms with Gasteiger partial charge in [0.05, 0.1) is 0 Å². The molecule has 2 aliphatic heterocycles. The van der Waals surface area contributed by atoms with Crippen LogP contribution < -0.4 is 4.90 Å². The maximum atomic E-state index is 11.8. The van der Waals surface area contributed by atoms with E-state index in [1.165, 1.54) is 35.2 Å². The van der Waals surface area contributed by atoms with Crippen LogP contribution in [0.15, 0.2) is 29.6 Å². The average molecular weight is 372 g/mol. The molecule has 0 unspecified atom stereocenters. The number of fused-ring (bicyclic) bond motifs is 1. The van der Waals surface area contributed by atoms with E-state index in [0.29, 0.717) is 5.91 Å². The Bertz CT molecular complexity index is 736. The summed E-state index contributed by atoms with van der Waals surface area (Å²) in [6.07, 6.45) is 5.37. The molecule has 0 radical (unpaired) electrons. The number of rotatable bonds is 6. The summed E-state index contributed by atoms with van der Waals surface area (Å²) in [5.41, 5.74) is 1.40. The van der Waals surface area contributed by atoms with Crippen molar-refractivity contribution >= 4 is 33.0 Å². The Morgan fingerprint density at radius 2 is 1.77 bits per heavy atom. The zero-order valence-electron chi connectivity index (χ0n) is 15.5. The number of piperazine rings is 1. The summed E-state index contributed by atoms with van der Waals surface area (Å²) >= 11 is 1.83. The number of benzene rings is 1. The largest absolute Gasteiger partial charge is 0.368 e. The number of carbonyl (C=O) groups excluding carboxylic acids is 1. The van der Waals surface area contributed by atoms with Gasteiger partial charge >= 0.3 is 0 Å². The lowest BCUT2D eigenvalue weighted by Gasteiger charge is -2.36. The second-order valence-electron chi connectivity index (χ2n) is 7.48. The van der Waals surface area contributed by atoms with Gasteiger partial charge in [0.15, 0.2) is 0 Å². The van der Waals surface area contributed by atoms with Crippen molar-refractivity contribution in [3.8, 4) is 0 Å². The molecule has 0 bridgehead atoms. The second kappa shape index (κ2) is 8.40. The minimum Gasteiger partial charge on any atom is -0.368 e. The summed E-state index contributed by atoms with van der Waals surface area (Å²) in [6, 6.07) is 8.92. The molecular formula is C21H29N3OS. The van der Waals surface area contributed by atoms with Gasteiger partial charge in [0, 0.05) is 61.5 Å². The van der Waals surface area contributed by atoms with E-state index in [-0.39, 0.29) is 0 Å². The fourth-order valence-electron chi connectivity index (χ4n) is 4.20. The molecule has 0 saturated carbocycles. The predicted octanol–water partition coefficient (Wildman–Crippen LogP) is 3.82. The van der Waals surface area contributed by atoms with Gasteiger partial charge in [-0.3, -0.25) is 9.69 Å². The Hall–Kier alpha value is -1.59. The van der Waals surface area contributed by atoms with Crippen molar-refractivity contribution in [2.75, 3.05) is 50.7 Å². The third kappa shape index (κ3) is 4.04. The molecule has 1 amide bonds. The molecule has 0 spiro atoms. The van der Waals surface area contributed by atoms with E-state index in [0.717, 1.165) is 58.5 Å². The lowest BCUT2D eigenvalue weighted by Crippen LogP contribution is -2.46. The standard InChI is InChI=1S/C21H29N3OS/c25-21-8-1-2-11-24(21)12-4-3-10-22-13-15-23(16-14-22)19-6-5-7-20-18(19)9-17-26-20/h5-7,9,17H,1-4,8,10-16H2. The van der Waals surface area contributed by atoms with Crippen LogP contribution >= 0.6 is 11.3 Å². The second-order valence-corrected chi connectivity index (χ2v) is 8.43. The molecule has 0 atom stereocenters. The molecule has 1 aromatic carbocycles. The van der Waals surface area contributed by atoms with Crippen molar-refractivity contribution < 1.29 is 4.79 Å². The summed E-state index contributed by atoms with van der Waals surface area (Å²) in [5.74, 6) is 0.368. The number of anilines is 1. The monoisotopic (exact) mass is 371 g/mol. The highest BCUT2D eigenvalue weighted by atomic mass is 32.1. The number of thiophene rings is 1. The quantitative estimate of drug-likeness (QED) is 0.723. The van der Waals surface area contributed by atoms with E-state index in [2.05, 4.69) is 44.3 Å². The first-order valence-corrected chi connectivity index (χ1v) is 10.9. The number of amides is 1. The minimum atomic E-state index is 0.368. The highest BCUT2D eigenvalue weighted by Gasteiger charge is 2.20. The Balaban J connectivity index is 1.20. The van der Waals surface area contributed by atoms with Gasteiger partial charge in [0.1, 0.15) is 0 Å². The lowest BCUT2D eigenvalue weighted by atomic mass is 10.1. The van der Waals surface area contributed by atoms with Crippen LogP contribution in [-0.4, -0.2) is 61.5 Å². The number of piperidine rings is 1. The van der Waals surface area contributed by atoms with Crippen LogP contribution in [0.25, 0.3) is 10.1 Å². The van der Waals surface area contributed by atoms with Crippen molar-refractivity contribution in [3.63, 3.8) is 0 Å². The van der Waals surface area contributed by atoms with E-state index in [9.17, 15) is 4.79 Å². The molecule has 0 aliphatic carbocycles. The summed E-state index contributed by atoms with van der Waals surface area (Å²) in [6.45, 7) is 7.61. The van der Waals surface area contributed by atoms with Gasteiger partial charge in [-0.25, -0.2) is 0 Å². The van der Waals surface area contributed by atoms with E-state index in [1.54, 1.807) is 0 Å². The van der Waals surface area contributed by atoms with Gasteiger partial charge in [-0.15, -0.1) is 11.3 Å². The smallest absolute Gasteiger partial charge is 0.222 e. The van der Waals surface area contributed by atoms with Gasteiger partial charge < -0.3 is 9.80 Å². The van der Waals surface area contributed by atoms with Crippen LogP contribution in [0.1, 0.15) is 32.1 Å². The highest BCUT2D eigenvalue weighted by molar-refractivity contribution is 7.17. The van der Waals surface area contributed by atoms with Crippen LogP contribution in [-0.2, 0) is 4.79 Å². The molecule has 4 rings (SSSR count). The minimum absolute atomic E-state index is 0.368. The number of hydrogen-bond donors (Lipinski definition) is 0. The van der Waals surface area contributed by atoms with Crippen LogP contribution in [0.4, 0.5) is 5.69 Å². The first-order valence-electron chi connectivity index (χ1n) is 10.0. The summed E-state index contributed by atoms with van der Waals surface area (Å²) < 4.78 is 1.39. The molecule has 5 heteroatoms. The van der Waals surface area contributed by atoms with Crippen molar-refractivity contribution in [1.29, 1.82) is 0 Å². The molecule has 140 valence electrons. The van der Waals surface area contributed by atoms with Gasteiger partial charge in [-0.05, 0) is 55.8 Å². The van der Waals surface area contributed by atoms with Gasteiger partial charge in [0.25, 0.3) is 0 Å². The molecular weight excluding hydrogens is 342 g/mol. The molecule has 2 fully saturated rings. The van der Waals surface area contributed by atoms with Crippen LogP contribution in [0.5, 0.6) is 0 Å². The Kier molecular flexibility index (Phi) is 5.75. The van der Waals surface area contributed by atoms with Crippen molar-refractivity contribution in [3.05, 3.63) is 29.6 Å². The molecule has 4 nitrogen and oxygen atoms in total. The van der Waals surface area contributed by atoms with Crippen LogP contribution in [0.2, 0.25) is 0 Å². The highest BCUT2D eigenvalue weighted by Crippen LogP contribution is 2.31. The molecule has 2 saturated heterocycles. The van der Waals surface area contributed by atoms with Gasteiger partial charge in [0.2, 0.25) is 5.91 Å². The number of unbranched alkanes of at least 4 members (excludes halogenated alkanes) is 1. The first-order chi connectivity index (χ1) is 12.8. The zero-order chi connectivity index (χ0) is 17.8. The van der Waals surface area contributed by atoms with Crippen LogP contribution in [0, 0.1) is 0 Å². The third-order valence-electron chi connectivity index (χ3n) is 5.76. The molecule has 26 heavy (non-hydrogen) atoms. The van der Waals surface area contributed by atoms with E-state index in [1.807, 2.05) is 11.3 Å². The first kappa shape index (κ1) is 17.8. The molecule has 2 aromatic rings. The molecule has 1 aromatic heterocycles.